The van der Waals surface area contributed by atoms with Crippen LogP contribution in [0.15, 0.2) is 48.8 Å². The Morgan fingerprint density at radius 1 is 1.24 bits per heavy atom. The Labute approximate surface area is 121 Å². The maximum atomic E-state index is 11.2. The molecule has 6 heteroatoms. The highest BCUT2D eigenvalue weighted by atomic mass is 16.5. The van der Waals surface area contributed by atoms with Crippen LogP contribution in [-0.2, 0) is 0 Å². The molecule has 3 aromatic rings. The van der Waals surface area contributed by atoms with Crippen molar-refractivity contribution in [1.82, 2.24) is 20.0 Å². The van der Waals surface area contributed by atoms with Crippen LogP contribution in [0, 0.1) is 0 Å². The zero-order valence-corrected chi connectivity index (χ0v) is 11.3. The number of methoxy groups -OCH3 is 1. The third-order valence-electron chi connectivity index (χ3n) is 3.04. The molecule has 21 heavy (non-hydrogen) atoms. The van der Waals surface area contributed by atoms with Crippen molar-refractivity contribution in [2.24, 2.45) is 0 Å². The van der Waals surface area contributed by atoms with E-state index >= 15 is 0 Å². The molecule has 0 N–H and O–H groups in total. The van der Waals surface area contributed by atoms with Gasteiger partial charge in [0.15, 0.2) is 12.0 Å². The molecule has 0 spiro atoms. The van der Waals surface area contributed by atoms with Gasteiger partial charge < -0.3 is 4.74 Å². The first kappa shape index (κ1) is 13.0. The summed E-state index contributed by atoms with van der Waals surface area (Å²) in [7, 11) is 1.60. The number of hydrogen-bond donors (Lipinski definition) is 0. The molecule has 104 valence electrons. The van der Waals surface area contributed by atoms with Crippen LogP contribution in [0.25, 0.3) is 16.9 Å². The summed E-state index contributed by atoms with van der Waals surface area (Å²) in [5.74, 6) is 0.702. The van der Waals surface area contributed by atoms with E-state index < -0.39 is 0 Å². The van der Waals surface area contributed by atoms with Crippen molar-refractivity contribution in [3.63, 3.8) is 0 Å². The minimum atomic E-state index is 0.269. The van der Waals surface area contributed by atoms with E-state index in [0.29, 0.717) is 17.7 Å². The van der Waals surface area contributed by atoms with Gasteiger partial charge in [-0.25, -0.2) is 4.68 Å². The van der Waals surface area contributed by atoms with Crippen LogP contribution in [-0.4, -0.2) is 33.4 Å². The molecule has 0 saturated heterocycles. The van der Waals surface area contributed by atoms with E-state index in [1.165, 1.54) is 0 Å². The molecule has 6 nitrogen and oxygen atoms in total. The Kier molecular flexibility index (Phi) is 3.42. The number of pyridine rings is 1. The zero-order chi connectivity index (χ0) is 14.7. The Morgan fingerprint density at radius 2 is 2.14 bits per heavy atom. The van der Waals surface area contributed by atoms with Crippen LogP contribution in [0.3, 0.4) is 0 Å². The molecule has 0 unspecified atom stereocenters. The van der Waals surface area contributed by atoms with Gasteiger partial charge in [0.05, 0.1) is 12.8 Å². The van der Waals surface area contributed by atoms with E-state index in [2.05, 4.69) is 15.3 Å². The third kappa shape index (κ3) is 2.38. The van der Waals surface area contributed by atoms with E-state index in [4.69, 9.17) is 4.74 Å². The number of aldehydes is 1. The van der Waals surface area contributed by atoms with E-state index in [1.807, 2.05) is 30.3 Å². The smallest absolute Gasteiger partial charge is 0.172 e. The van der Waals surface area contributed by atoms with Crippen molar-refractivity contribution in [1.29, 1.82) is 0 Å². The Bertz CT molecular complexity index is 768. The molecule has 0 atom stereocenters. The van der Waals surface area contributed by atoms with Crippen LogP contribution >= 0.6 is 0 Å². The lowest BCUT2D eigenvalue weighted by atomic mass is 10.1. The fourth-order valence-corrected chi connectivity index (χ4v) is 2.07. The minimum Gasteiger partial charge on any atom is -0.497 e. The second-order valence-electron chi connectivity index (χ2n) is 4.30. The molecular formula is C15H12N4O2. The number of aromatic nitrogens is 4. The Hall–Kier alpha value is -3.02. The largest absolute Gasteiger partial charge is 0.497 e. The van der Waals surface area contributed by atoms with E-state index in [9.17, 15) is 4.79 Å². The Balaban J connectivity index is 2.20. The van der Waals surface area contributed by atoms with E-state index in [1.54, 1.807) is 30.3 Å². The van der Waals surface area contributed by atoms with Gasteiger partial charge in [-0.05, 0) is 24.3 Å². The molecule has 2 heterocycles. The fourth-order valence-electron chi connectivity index (χ4n) is 2.07. The molecule has 2 aromatic heterocycles. The lowest BCUT2D eigenvalue weighted by molar-refractivity contribution is 0.111. The van der Waals surface area contributed by atoms with Crippen LogP contribution in [0.4, 0.5) is 0 Å². The minimum absolute atomic E-state index is 0.269. The summed E-state index contributed by atoms with van der Waals surface area (Å²) in [6.45, 7) is 0. The SMILES string of the molecule is COc1cccc(-n2nnc(C=O)c2-c2cccnc2)c1. The maximum absolute atomic E-state index is 11.2. The molecule has 0 aliphatic heterocycles. The summed E-state index contributed by atoms with van der Waals surface area (Å²) in [4.78, 5) is 15.3. The molecule has 1 aromatic carbocycles. The summed E-state index contributed by atoms with van der Waals surface area (Å²) in [5, 5.41) is 7.98. The van der Waals surface area contributed by atoms with Crippen molar-refractivity contribution < 1.29 is 9.53 Å². The predicted molar refractivity (Wildman–Crippen MR) is 76.5 cm³/mol. The van der Waals surface area contributed by atoms with Gasteiger partial charge >= 0.3 is 0 Å². The molecule has 0 bridgehead atoms. The van der Waals surface area contributed by atoms with Crippen LogP contribution in [0.2, 0.25) is 0 Å². The van der Waals surface area contributed by atoms with Crippen LogP contribution < -0.4 is 4.74 Å². The van der Waals surface area contributed by atoms with Crippen LogP contribution in [0.1, 0.15) is 10.5 Å². The molecular weight excluding hydrogens is 268 g/mol. The number of carbonyl (C=O) groups is 1. The van der Waals surface area contributed by atoms with Crippen molar-refractivity contribution >= 4 is 6.29 Å². The zero-order valence-electron chi connectivity index (χ0n) is 11.3. The van der Waals surface area contributed by atoms with Crippen molar-refractivity contribution in [3.05, 3.63) is 54.5 Å². The standard InChI is InChI=1S/C15H12N4O2/c1-21-13-6-2-5-12(8-13)19-15(14(10-20)17-18-19)11-4-3-7-16-9-11/h2-10H,1H3. The van der Waals surface area contributed by atoms with Gasteiger partial charge in [0.25, 0.3) is 0 Å². The first-order chi connectivity index (χ1) is 10.3. The average molecular weight is 280 g/mol. The van der Waals surface area contributed by atoms with Crippen molar-refractivity contribution in [2.45, 2.75) is 0 Å². The number of nitrogens with zero attached hydrogens (tertiary/aromatic N) is 4. The second kappa shape index (κ2) is 5.54. The lowest BCUT2D eigenvalue weighted by Crippen LogP contribution is -2.00. The first-order valence-corrected chi connectivity index (χ1v) is 6.29. The van der Waals surface area contributed by atoms with Crippen molar-refractivity contribution in [2.75, 3.05) is 7.11 Å². The normalized spacial score (nSPS) is 10.3. The summed E-state index contributed by atoms with van der Waals surface area (Å²) < 4.78 is 6.81. The highest BCUT2D eigenvalue weighted by Gasteiger charge is 2.16. The molecule has 0 aliphatic rings. The number of ether oxygens (including phenoxy) is 1. The van der Waals surface area contributed by atoms with Gasteiger partial charge in [-0.3, -0.25) is 9.78 Å². The third-order valence-corrected chi connectivity index (χ3v) is 3.04. The number of hydrogen-bond acceptors (Lipinski definition) is 5. The highest BCUT2D eigenvalue weighted by Crippen LogP contribution is 2.25. The summed E-state index contributed by atoms with van der Waals surface area (Å²) in [6, 6.07) is 11.0. The highest BCUT2D eigenvalue weighted by molar-refractivity contribution is 5.83. The first-order valence-electron chi connectivity index (χ1n) is 6.29. The monoisotopic (exact) mass is 280 g/mol. The molecule has 0 amide bonds. The summed E-state index contributed by atoms with van der Waals surface area (Å²) in [5.41, 5.74) is 2.40. The molecule has 0 fully saturated rings. The van der Waals surface area contributed by atoms with Gasteiger partial charge in [0, 0.05) is 24.0 Å². The second-order valence-corrected chi connectivity index (χ2v) is 4.30. The van der Waals surface area contributed by atoms with Gasteiger partial charge in [-0.1, -0.05) is 11.3 Å². The van der Waals surface area contributed by atoms with Gasteiger partial charge in [0.2, 0.25) is 0 Å². The van der Waals surface area contributed by atoms with Crippen LogP contribution in [0.5, 0.6) is 5.75 Å². The Morgan fingerprint density at radius 3 is 2.86 bits per heavy atom. The average Bonchev–Trinajstić information content (AvgIpc) is 2.99. The molecule has 3 rings (SSSR count). The van der Waals surface area contributed by atoms with Gasteiger partial charge in [0.1, 0.15) is 11.4 Å². The molecule has 0 saturated carbocycles. The lowest BCUT2D eigenvalue weighted by Gasteiger charge is -2.08. The summed E-state index contributed by atoms with van der Waals surface area (Å²) >= 11 is 0. The van der Waals surface area contributed by atoms with Gasteiger partial charge in [-0.2, -0.15) is 0 Å². The fraction of sp³-hybridized carbons (Fsp3) is 0.0667. The number of benzene rings is 1. The van der Waals surface area contributed by atoms with E-state index in [0.717, 1.165) is 11.3 Å². The maximum Gasteiger partial charge on any atom is 0.172 e. The summed E-state index contributed by atoms with van der Waals surface area (Å²) in [6.07, 6.45) is 4.03. The number of carbonyl (C=O) groups excluding carboxylic acids is 1. The van der Waals surface area contributed by atoms with Gasteiger partial charge in [-0.15, -0.1) is 5.10 Å². The number of rotatable bonds is 4. The predicted octanol–water partition coefficient (Wildman–Crippen LogP) is 2.15. The van der Waals surface area contributed by atoms with Crippen molar-refractivity contribution in [3.8, 4) is 22.7 Å². The molecule has 0 radical (unpaired) electrons. The quantitative estimate of drug-likeness (QED) is 0.685. The molecule has 0 aliphatic carbocycles. The topological polar surface area (TPSA) is 69.9 Å². The van der Waals surface area contributed by atoms with E-state index in [-0.39, 0.29) is 5.69 Å².